The summed E-state index contributed by atoms with van der Waals surface area (Å²) in [6.07, 6.45) is 2.02. The third-order valence-corrected chi connectivity index (χ3v) is 6.88. The van der Waals surface area contributed by atoms with Gasteiger partial charge in [-0.2, -0.15) is 9.29 Å². The zero-order valence-corrected chi connectivity index (χ0v) is 17.6. The molecule has 1 atom stereocenters. The van der Waals surface area contributed by atoms with E-state index in [9.17, 15) is 8.42 Å². The SMILES string of the molecule is CNC(C)Cc1noc(C2CCN(S(=O)(=O)c3ccc(Cl)cc3)CC2)n1.Cl. The molecule has 3 rings (SSSR count). The first kappa shape index (κ1) is 22.1. The highest BCUT2D eigenvalue weighted by atomic mass is 35.5. The van der Waals surface area contributed by atoms with Gasteiger partial charge in [0, 0.05) is 36.5 Å². The number of hydrogen-bond donors (Lipinski definition) is 1. The van der Waals surface area contributed by atoms with Crippen molar-refractivity contribution in [3.05, 3.63) is 41.0 Å². The minimum atomic E-state index is -3.50. The van der Waals surface area contributed by atoms with Gasteiger partial charge < -0.3 is 9.84 Å². The molecule has 2 heterocycles. The molecular formula is C17H24Cl2N4O3S. The lowest BCUT2D eigenvalue weighted by atomic mass is 9.98. The number of piperidine rings is 1. The van der Waals surface area contributed by atoms with Gasteiger partial charge in [-0.15, -0.1) is 12.4 Å². The van der Waals surface area contributed by atoms with Gasteiger partial charge in [0.1, 0.15) is 0 Å². The maximum atomic E-state index is 12.7. The van der Waals surface area contributed by atoms with Crippen LogP contribution in [-0.4, -0.2) is 49.0 Å². The van der Waals surface area contributed by atoms with Crippen LogP contribution in [0.15, 0.2) is 33.7 Å². The van der Waals surface area contributed by atoms with Gasteiger partial charge in [-0.1, -0.05) is 16.8 Å². The molecular weight excluding hydrogens is 411 g/mol. The summed E-state index contributed by atoms with van der Waals surface area (Å²) in [6, 6.07) is 6.53. The molecule has 1 N–H and O–H groups in total. The van der Waals surface area contributed by atoms with Crippen LogP contribution in [0.25, 0.3) is 0 Å². The van der Waals surface area contributed by atoms with Crippen molar-refractivity contribution < 1.29 is 12.9 Å². The van der Waals surface area contributed by atoms with Crippen LogP contribution in [0.4, 0.5) is 0 Å². The summed E-state index contributed by atoms with van der Waals surface area (Å²) in [5, 5.41) is 7.69. The lowest BCUT2D eigenvalue weighted by Gasteiger charge is -2.29. The lowest BCUT2D eigenvalue weighted by Crippen LogP contribution is -2.37. The Labute approximate surface area is 170 Å². The second kappa shape index (κ2) is 9.34. The number of likely N-dealkylation sites (N-methyl/N-ethyl adjacent to an activating group) is 1. The van der Waals surface area contributed by atoms with E-state index in [4.69, 9.17) is 16.1 Å². The van der Waals surface area contributed by atoms with E-state index in [0.29, 0.717) is 49.1 Å². The highest BCUT2D eigenvalue weighted by molar-refractivity contribution is 7.89. The molecule has 0 bridgehead atoms. The first-order valence-electron chi connectivity index (χ1n) is 8.65. The van der Waals surface area contributed by atoms with Crippen molar-refractivity contribution in [3.63, 3.8) is 0 Å². The summed E-state index contributed by atoms with van der Waals surface area (Å²) >= 11 is 5.84. The van der Waals surface area contributed by atoms with Crippen molar-refractivity contribution in [3.8, 4) is 0 Å². The molecule has 1 fully saturated rings. The molecule has 10 heteroatoms. The van der Waals surface area contributed by atoms with Gasteiger partial charge in [0.15, 0.2) is 5.82 Å². The quantitative estimate of drug-likeness (QED) is 0.751. The molecule has 1 aliphatic heterocycles. The zero-order chi connectivity index (χ0) is 18.7. The van der Waals surface area contributed by atoms with Crippen molar-refractivity contribution in [2.75, 3.05) is 20.1 Å². The molecule has 0 radical (unpaired) electrons. The summed E-state index contributed by atoms with van der Waals surface area (Å²) < 4.78 is 32.4. The molecule has 1 saturated heterocycles. The van der Waals surface area contributed by atoms with Crippen LogP contribution in [-0.2, 0) is 16.4 Å². The van der Waals surface area contributed by atoms with E-state index in [-0.39, 0.29) is 29.3 Å². The monoisotopic (exact) mass is 434 g/mol. The fourth-order valence-electron chi connectivity index (χ4n) is 2.99. The predicted molar refractivity (Wildman–Crippen MR) is 106 cm³/mol. The number of nitrogens with zero attached hydrogens (tertiary/aromatic N) is 3. The Balaban J connectivity index is 0.00000261. The highest BCUT2D eigenvalue weighted by Crippen LogP contribution is 2.30. The van der Waals surface area contributed by atoms with Crippen LogP contribution in [0.3, 0.4) is 0 Å². The number of nitrogens with one attached hydrogen (secondary N) is 1. The first-order chi connectivity index (χ1) is 12.4. The average molecular weight is 435 g/mol. The van der Waals surface area contributed by atoms with Crippen molar-refractivity contribution >= 4 is 34.0 Å². The third kappa shape index (κ3) is 5.20. The second-order valence-corrected chi connectivity index (χ2v) is 8.95. The van der Waals surface area contributed by atoms with Crippen LogP contribution in [0.2, 0.25) is 5.02 Å². The van der Waals surface area contributed by atoms with Gasteiger partial charge in [-0.25, -0.2) is 8.42 Å². The Morgan fingerprint density at radius 1 is 1.30 bits per heavy atom. The molecule has 1 aromatic heterocycles. The number of sulfonamides is 1. The summed E-state index contributed by atoms with van der Waals surface area (Å²) in [7, 11) is -1.61. The molecule has 27 heavy (non-hydrogen) atoms. The Kier molecular flexibility index (Phi) is 7.64. The Morgan fingerprint density at radius 3 is 2.52 bits per heavy atom. The van der Waals surface area contributed by atoms with E-state index in [2.05, 4.69) is 22.4 Å². The topological polar surface area (TPSA) is 88.3 Å². The largest absolute Gasteiger partial charge is 0.339 e. The Morgan fingerprint density at radius 2 is 1.93 bits per heavy atom. The van der Waals surface area contributed by atoms with E-state index >= 15 is 0 Å². The van der Waals surface area contributed by atoms with Gasteiger partial charge in [0.2, 0.25) is 15.9 Å². The van der Waals surface area contributed by atoms with Crippen LogP contribution in [0, 0.1) is 0 Å². The number of rotatable bonds is 6. The van der Waals surface area contributed by atoms with Gasteiger partial charge in [0.05, 0.1) is 4.90 Å². The van der Waals surface area contributed by atoms with Crippen LogP contribution >= 0.6 is 24.0 Å². The second-order valence-electron chi connectivity index (χ2n) is 6.57. The van der Waals surface area contributed by atoms with Crippen molar-refractivity contribution in [2.45, 2.75) is 43.0 Å². The summed E-state index contributed by atoms with van der Waals surface area (Å²) in [5.41, 5.74) is 0. The number of aromatic nitrogens is 2. The molecule has 2 aromatic rings. The van der Waals surface area contributed by atoms with Crippen molar-refractivity contribution in [2.24, 2.45) is 0 Å². The molecule has 1 unspecified atom stereocenters. The van der Waals surface area contributed by atoms with E-state index in [1.165, 1.54) is 16.4 Å². The summed E-state index contributed by atoms with van der Waals surface area (Å²) in [5.74, 6) is 1.38. The van der Waals surface area contributed by atoms with Gasteiger partial charge in [-0.05, 0) is 51.1 Å². The average Bonchev–Trinajstić information content (AvgIpc) is 3.10. The Hall–Kier alpha value is -1.19. The third-order valence-electron chi connectivity index (χ3n) is 4.72. The maximum Gasteiger partial charge on any atom is 0.243 e. The first-order valence-corrected chi connectivity index (χ1v) is 10.5. The fraction of sp³-hybridized carbons (Fsp3) is 0.529. The lowest BCUT2D eigenvalue weighted by molar-refractivity contribution is 0.270. The van der Waals surface area contributed by atoms with E-state index in [1.54, 1.807) is 12.1 Å². The molecule has 7 nitrogen and oxygen atoms in total. The van der Waals surface area contributed by atoms with Gasteiger partial charge >= 0.3 is 0 Å². The molecule has 0 amide bonds. The zero-order valence-electron chi connectivity index (χ0n) is 15.3. The van der Waals surface area contributed by atoms with E-state index in [0.717, 1.165) is 0 Å². The van der Waals surface area contributed by atoms with E-state index < -0.39 is 10.0 Å². The molecule has 0 spiro atoms. The molecule has 0 aliphatic carbocycles. The van der Waals surface area contributed by atoms with E-state index in [1.807, 2.05) is 7.05 Å². The van der Waals surface area contributed by atoms with Gasteiger partial charge in [-0.3, -0.25) is 0 Å². The standard InChI is InChI=1S/C17H23ClN4O3S.ClH/c1-12(19-2)11-16-20-17(25-21-16)13-7-9-22(10-8-13)26(23,24)15-5-3-14(18)4-6-15;/h3-6,12-13,19H,7-11H2,1-2H3;1H. The maximum absolute atomic E-state index is 12.7. The predicted octanol–water partition coefficient (Wildman–Crippen LogP) is 2.86. The fourth-order valence-corrected chi connectivity index (χ4v) is 4.59. The highest BCUT2D eigenvalue weighted by Gasteiger charge is 2.32. The minimum Gasteiger partial charge on any atom is -0.339 e. The summed E-state index contributed by atoms with van der Waals surface area (Å²) in [6.45, 7) is 2.91. The van der Waals surface area contributed by atoms with Gasteiger partial charge in [0.25, 0.3) is 0 Å². The molecule has 0 saturated carbocycles. The van der Waals surface area contributed by atoms with Crippen molar-refractivity contribution in [1.82, 2.24) is 19.8 Å². The van der Waals surface area contributed by atoms with Crippen molar-refractivity contribution in [1.29, 1.82) is 0 Å². The Bertz CT molecular complexity index is 834. The summed E-state index contributed by atoms with van der Waals surface area (Å²) in [4.78, 5) is 4.74. The normalized spacial score (nSPS) is 17.4. The molecule has 1 aliphatic rings. The minimum absolute atomic E-state index is 0. The van der Waals surface area contributed by atoms with Crippen LogP contribution < -0.4 is 5.32 Å². The number of halogens is 2. The molecule has 150 valence electrons. The smallest absolute Gasteiger partial charge is 0.243 e. The number of benzene rings is 1. The van der Waals surface area contributed by atoms with Crippen LogP contribution in [0.1, 0.15) is 37.4 Å². The molecule has 1 aromatic carbocycles. The number of hydrogen-bond acceptors (Lipinski definition) is 6. The van der Waals surface area contributed by atoms with Crippen LogP contribution in [0.5, 0.6) is 0 Å².